The van der Waals surface area contributed by atoms with Crippen LogP contribution in [0.3, 0.4) is 0 Å². The van der Waals surface area contributed by atoms with Gasteiger partial charge in [-0.3, -0.25) is 0 Å². The fourth-order valence-electron chi connectivity index (χ4n) is 1.38. The van der Waals surface area contributed by atoms with Crippen LogP contribution < -0.4 is 5.32 Å². The monoisotopic (exact) mass is 201 g/mol. The maximum Gasteiger partial charge on any atom is 0.407 e. The molecule has 2 unspecified atom stereocenters. The molecule has 0 spiro atoms. The van der Waals surface area contributed by atoms with Gasteiger partial charge in [0.2, 0.25) is 0 Å². The molecule has 1 amide bonds. The third-order valence-electron chi connectivity index (χ3n) is 2.08. The van der Waals surface area contributed by atoms with Crippen LogP contribution in [0, 0.1) is 0 Å². The van der Waals surface area contributed by atoms with Gasteiger partial charge in [0.1, 0.15) is 5.60 Å². The minimum Gasteiger partial charge on any atom is -0.444 e. The molecule has 14 heavy (non-hydrogen) atoms. The van der Waals surface area contributed by atoms with Gasteiger partial charge < -0.3 is 14.8 Å². The molecule has 1 fully saturated rings. The zero-order valence-electron chi connectivity index (χ0n) is 9.29. The van der Waals surface area contributed by atoms with Crippen LogP contribution in [0.25, 0.3) is 0 Å². The maximum atomic E-state index is 11.4. The molecule has 0 aromatic heterocycles. The van der Waals surface area contributed by atoms with E-state index in [-0.39, 0.29) is 18.2 Å². The number of alkyl carbamates (subject to hydrolysis) is 1. The van der Waals surface area contributed by atoms with Gasteiger partial charge in [-0.25, -0.2) is 4.79 Å². The quantitative estimate of drug-likeness (QED) is 0.702. The third-order valence-corrected chi connectivity index (χ3v) is 2.08. The second kappa shape index (κ2) is 4.17. The molecule has 1 heterocycles. The smallest absolute Gasteiger partial charge is 0.407 e. The first-order chi connectivity index (χ1) is 6.38. The summed E-state index contributed by atoms with van der Waals surface area (Å²) in [5.41, 5.74) is -0.438. The Morgan fingerprint density at radius 1 is 1.50 bits per heavy atom. The summed E-state index contributed by atoms with van der Waals surface area (Å²) in [5.74, 6) is 0. The molecule has 1 aliphatic rings. The van der Waals surface area contributed by atoms with Gasteiger partial charge in [-0.05, 0) is 34.1 Å². The van der Waals surface area contributed by atoms with Gasteiger partial charge in [0.05, 0.1) is 12.1 Å². The topological polar surface area (TPSA) is 47.6 Å². The molecule has 0 aromatic carbocycles. The lowest BCUT2D eigenvalue weighted by atomic mass is 10.1. The van der Waals surface area contributed by atoms with Gasteiger partial charge in [0, 0.05) is 6.61 Å². The molecule has 4 nitrogen and oxygen atoms in total. The summed E-state index contributed by atoms with van der Waals surface area (Å²) in [6.45, 7) is 8.21. The standard InChI is InChI=1S/C10H19NO3/c1-7-8(5-6-13-7)11-9(12)14-10(2,3)4/h7-8H,5-6H2,1-4H3,(H,11,12). The number of hydrogen-bond donors (Lipinski definition) is 1. The number of nitrogens with one attached hydrogen (secondary N) is 1. The van der Waals surface area contributed by atoms with Gasteiger partial charge in [-0.2, -0.15) is 0 Å². The van der Waals surface area contributed by atoms with Crippen LogP contribution in [0.1, 0.15) is 34.1 Å². The fraction of sp³-hybridized carbons (Fsp3) is 0.900. The van der Waals surface area contributed by atoms with Crippen LogP contribution in [-0.2, 0) is 9.47 Å². The van der Waals surface area contributed by atoms with Crippen molar-refractivity contribution < 1.29 is 14.3 Å². The van der Waals surface area contributed by atoms with E-state index in [0.29, 0.717) is 6.61 Å². The number of hydrogen-bond acceptors (Lipinski definition) is 3. The van der Waals surface area contributed by atoms with Crippen molar-refractivity contribution in [2.75, 3.05) is 6.61 Å². The van der Waals surface area contributed by atoms with Crippen molar-refractivity contribution in [3.8, 4) is 0 Å². The van der Waals surface area contributed by atoms with E-state index in [1.807, 2.05) is 27.7 Å². The van der Waals surface area contributed by atoms with E-state index in [4.69, 9.17) is 9.47 Å². The molecule has 0 aliphatic carbocycles. The number of carbonyl (C=O) groups is 1. The molecule has 4 heteroatoms. The second-order valence-electron chi connectivity index (χ2n) is 4.62. The molecule has 2 atom stereocenters. The lowest BCUT2D eigenvalue weighted by Crippen LogP contribution is -2.42. The lowest BCUT2D eigenvalue weighted by Gasteiger charge is -2.22. The zero-order valence-corrected chi connectivity index (χ0v) is 9.29. The van der Waals surface area contributed by atoms with Gasteiger partial charge in [-0.1, -0.05) is 0 Å². The van der Waals surface area contributed by atoms with E-state index in [0.717, 1.165) is 6.42 Å². The Bertz CT molecular complexity index is 210. The lowest BCUT2D eigenvalue weighted by molar-refractivity contribution is 0.0463. The van der Waals surface area contributed by atoms with E-state index >= 15 is 0 Å². The number of rotatable bonds is 1. The Morgan fingerprint density at radius 2 is 2.14 bits per heavy atom. The normalized spacial score (nSPS) is 27.4. The van der Waals surface area contributed by atoms with Crippen molar-refractivity contribution in [1.82, 2.24) is 5.32 Å². The van der Waals surface area contributed by atoms with E-state index in [2.05, 4.69) is 5.32 Å². The van der Waals surface area contributed by atoms with Crippen LogP contribution in [0.5, 0.6) is 0 Å². The number of amides is 1. The summed E-state index contributed by atoms with van der Waals surface area (Å²) in [5, 5.41) is 2.80. The molecule has 0 aromatic rings. The van der Waals surface area contributed by atoms with Crippen LogP contribution >= 0.6 is 0 Å². The third kappa shape index (κ3) is 3.54. The molecule has 1 N–H and O–H groups in total. The predicted molar refractivity (Wildman–Crippen MR) is 53.2 cm³/mol. The van der Waals surface area contributed by atoms with Crippen LogP contribution in [0.15, 0.2) is 0 Å². The highest BCUT2D eigenvalue weighted by atomic mass is 16.6. The van der Waals surface area contributed by atoms with E-state index in [1.165, 1.54) is 0 Å². The van der Waals surface area contributed by atoms with Gasteiger partial charge in [0.25, 0.3) is 0 Å². The van der Waals surface area contributed by atoms with E-state index in [9.17, 15) is 4.79 Å². The van der Waals surface area contributed by atoms with Crippen LogP contribution in [0.2, 0.25) is 0 Å². The highest BCUT2D eigenvalue weighted by Gasteiger charge is 2.27. The largest absolute Gasteiger partial charge is 0.444 e. The van der Waals surface area contributed by atoms with Crippen molar-refractivity contribution in [2.45, 2.75) is 51.9 Å². The molecule has 0 bridgehead atoms. The van der Waals surface area contributed by atoms with Crippen molar-refractivity contribution in [3.05, 3.63) is 0 Å². The fourth-order valence-corrected chi connectivity index (χ4v) is 1.38. The average Bonchev–Trinajstić information content (AvgIpc) is 2.32. The summed E-state index contributed by atoms with van der Waals surface area (Å²) >= 11 is 0. The van der Waals surface area contributed by atoms with Gasteiger partial charge >= 0.3 is 6.09 Å². The Labute approximate surface area is 85.0 Å². The number of carbonyl (C=O) groups excluding carboxylic acids is 1. The first-order valence-electron chi connectivity index (χ1n) is 4.99. The Kier molecular flexibility index (Phi) is 3.37. The summed E-state index contributed by atoms with van der Waals surface area (Å²) in [6, 6.07) is 0.0878. The highest BCUT2D eigenvalue weighted by molar-refractivity contribution is 5.68. The van der Waals surface area contributed by atoms with Crippen molar-refractivity contribution in [1.29, 1.82) is 0 Å². The zero-order chi connectivity index (χ0) is 10.8. The molecule has 1 rings (SSSR count). The summed E-state index contributed by atoms with van der Waals surface area (Å²) in [4.78, 5) is 11.4. The molecule has 1 aliphatic heterocycles. The van der Waals surface area contributed by atoms with Crippen LogP contribution in [0.4, 0.5) is 4.79 Å². The van der Waals surface area contributed by atoms with Crippen molar-refractivity contribution in [2.24, 2.45) is 0 Å². The van der Waals surface area contributed by atoms with Gasteiger partial charge in [-0.15, -0.1) is 0 Å². The summed E-state index contributed by atoms with van der Waals surface area (Å²) in [6.07, 6.45) is 0.586. The van der Waals surface area contributed by atoms with Crippen molar-refractivity contribution >= 4 is 6.09 Å². The van der Waals surface area contributed by atoms with E-state index < -0.39 is 5.60 Å². The summed E-state index contributed by atoms with van der Waals surface area (Å²) < 4.78 is 10.5. The molecule has 82 valence electrons. The summed E-state index contributed by atoms with van der Waals surface area (Å²) in [7, 11) is 0. The first-order valence-corrected chi connectivity index (χ1v) is 4.99. The molecule has 0 saturated carbocycles. The van der Waals surface area contributed by atoms with E-state index in [1.54, 1.807) is 0 Å². The highest BCUT2D eigenvalue weighted by Crippen LogP contribution is 2.14. The van der Waals surface area contributed by atoms with Gasteiger partial charge in [0.15, 0.2) is 0 Å². The SMILES string of the molecule is CC1OCCC1NC(=O)OC(C)(C)C. The second-order valence-corrected chi connectivity index (χ2v) is 4.62. The molecular weight excluding hydrogens is 182 g/mol. The Hall–Kier alpha value is -0.770. The average molecular weight is 201 g/mol. The minimum atomic E-state index is -0.438. The predicted octanol–water partition coefficient (Wildman–Crippen LogP) is 1.69. The molecule has 1 saturated heterocycles. The Morgan fingerprint density at radius 3 is 2.57 bits per heavy atom. The minimum absolute atomic E-state index is 0.0857. The molecule has 0 radical (unpaired) electrons. The Balaban J connectivity index is 2.33. The van der Waals surface area contributed by atoms with Crippen molar-refractivity contribution in [3.63, 3.8) is 0 Å². The molecular formula is C10H19NO3. The first kappa shape index (κ1) is 11.3. The van der Waals surface area contributed by atoms with Crippen LogP contribution in [-0.4, -0.2) is 30.4 Å². The number of ether oxygens (including phenoxy) is 2. The maximum absolute atomic E-state index is 11.4.